The van der Waals surface area contributed by atoms with E-state index in [4.69, 9.17) is 7.85 Å². The summed E-state index contributed by atoms with van der Waals surface area (Å²) in [7, 11) is 9.25. The van der Waals surface area contributed by atoms with Gasteiger partial charge in [-0.05, 0) is 12.1 Å². The maximum absolute atomic E-state index is 12.4. The van der Waals surface area contributed by atoms with Gasteiger partial charge in [-0.25, -0.2) is 4.39 Å². The second kappa shape index (κ2) is 5.07. The lowest BCUT2D eigenvalue weighted by molar-refractivity contribution is 0.628. The molecule has 0 saturated carbocycles. The van der Waals surface area contributed by atoms with E-state index in [1.54, 1.807) is 12.1 Å². The Morgan fingerprint density at radius 2 is 1.92 bits per heavy atom. The summed E-state index contributed by atoms with van der Waals surface area (Å²) >= 11 is 0. The van der Waals surface area contributed by atoms with Crippen LogP contribution in [0.3, 0.4) is 0 Å². The van der Waals surface area contributed by atoms with Crippen LogP contribution in [0.2, 0.25) is 12.4 Å². The van der Waals surface area contributed by atoms with Gasteiger partial charge in [0.05, 0.1) is 15.1 Å². The van der Waals surface area contributed by atoms with E-state index in [-0.39, 0.29) is 5.82 Å². The summed E-state index contributed by atoms with van der Waals surface area (Å²) in [6.45, 7) is 0. The first-order valence-corrected chi connectivity index (χ1v) is 3.93. The van der Waals surface area contributed by atoms with Crippen LogP contribution in [0.1, 0.15) is 0 Å². The fourth-order valence-electron chi connectivity index (χ4n) is 0.915. The Labute approximate surface area is 75.5 Å². The molecule has 0 aliphatic rings. The third-order valence-corrected chi connectivity index (χ3v) is 1.56. The van der Waals surface area contributed by atoms with E-state index >= 15 is 0 Å². The third kappa shape index (κ3) is 3.16. The molecule has 0 heterocycles. The van der Waals surface area contributed by atoms with Gasteiger partial charge in [-0.3, -0.25) is 0 Å². The minimum absolute atomic E-state index is 0.199. The van der Waals surface area contributed by atoms with Crippen LogP contribution in [0.4, 0.5) is 4.39 Å². The molecule has 4 radical (unpaired) electrons. The zero-order valence-electron chi connectivity index (χ0n) is 6.83. The third-order valence-electron chi connectivity index (χ3n) is 1.56. The van der Waals surface area contributed by atoms with Gasteiger partial charge in [-0.15, -0.1) is 12.4 Å². The first-order valence-electron chi connectivity index (χ1n) is 3.93. The molecule has 0 aliphatic heterocycles. The molecular formula is C8H8B3F. The van der Waals surface area contributed by atoms with Crippen molar-refractivity contribution in [3.05, 3.63) is 30.1 Å². The minimum Gasteiger partial charge on any atom is -0.207 e. The van der Waals surface area contributed by atoms with E-state index < -0.39 is 0 Å². The molecule has 0 fully saturated rings. The second-order valence-electron chi connectivity index (χ2n) is 2.52. The van der Waals surface area contributed by atoms with Crippen LogP contribution >= 0.6 is 0 Å². The number of hydrogen-bond acceptors (Lipinski definition) is 0. The van der Waals surface area contributed by atoms with Crippen LogP contribution in [0, 0.1) is 5.82 Å². The van der Waals surface area contributed by atoms with Crippen molar-refractivity contribution in [2.75, 3.05) is 0 Å². The normalized spacial score (nSPS) is 9.42. The predicted octanol–water partition coefficient (Wildman–Crippen LogP) is 0.779. The Balaban J connectivity index is 2.37. The topological polar surface area (TPSA) is 0 Å². The molecular weight excluding hydrogens is 148 g/mol. The van der Waals surface area contributed by atoms with E-state index in [9.17, 15) is 4.39 Å². The average Bonchev–Trinajstić information content (AvgIpc) is 2.09. The van der Waals surface area contributed by atoms with Gasteiger partial charge < -0.3 is 0 Å². The van der Waals surface area contributed by atoms with Crippen molar-refractivity contribution in [1.82, 2.24) is 0 Å². The van der Waals surface area contributed by atoms with Gasteiger partial charge in [0, 0.05) is 0 Å². The standard InChI is InChI=1S/C8H8B3F/c9-5-10-6-11-7-1-3-8(12)4-2-7/h1-4H,5-6H2. The summed E-state index contributed by atoms with van der Waals surface area (Å²) in [6.07, 6.45) is 1.42. The maximum Gasteiger partial charge on any atom is 0.143 e. The first-order chi connectivity index (χ1) is 5.83. The Hall–Kier alpha value is -0.655. The number of hydrogen-bond donors (Lipinski definition) is 0. The van der Waals surface area contributed by atoms with Crippen LogP contribution in [0.25, 0.3) is 0 Å². The van der Waals surface area contributed by atoms with E-state index in [1.165, 1.54) is 12.1 Å². The monoisotopic (exact) mass is 156 g/mol. The molecule has 1 aromatic rings. The highest BCUT2D eigenvalue weighted by atomic mass is 19.1. The molecule has 1 aromatic carbocycles. The van der Waals surface area contributed by atoms with Crippen molar-refractivity contribution >= 4 is 27.9 Å². The Bertz CT molecular complexity index is 222. The van der Waals surface area contributed by atoms with Gasteiger partial charge >= 0.3 is 0 Å². The average molecular weight is 156 g/mol. The fraction of sp³-hybridized carbons (Fsp3) is 0.250. The predicted molar refractivity (Wildman–Crippen MR) is 52.9 cm³/mol. The molecule has 0 atom stereocenters. The van der Waals surface area contributed by atoms with Crippen LogP contribution in [0.15, 0.2) is 24.3 Å². The van der Waals surface area contributed by atoms with E-state index in [0.717, 1.165) is 11.7 Å². The number of halogens is 1. The molecule has 0 amide bonds. The largest absolute Gasteiger partial charge is 0.207 e. The molecule has 12 heavy (non-hydrogen) atoms. The summed E-state index contributed by atoms with van der Waals surface area (Å²) < 4.78 is 12.4. The molecule has 0 spiro atoms. The quantitative estimate of drug-likeness (QED) is 0.445. The summed E-state index contributed by atoms with van der Waals surface area (Å²) in [5, 5.41) is 0. The van der Waals surface area contributed by atoms with Crippen molar-refractivity contribution in [3.63, 3.8) is 0 Å². The van der Waals surface area contributed by atoms with Crippen LogP contribution in [-0.2, 0) is 0 Å². The molecule has 0 bridgehead atoms. The van der Waals surface area contributed by atoms with Crippen molar-refractivity contribution < 1.29 is 4.39 Å². The smallest absolute Gasteiger partial charge is 0.143 e. The van der Waals surface area contributed by atoms with Gasteiger partial charge in [0.2, 0.25) is 0 Å². The van der Waals surface area contributed by atoms with Crippen LogP contribution in [-0.4, -0.2) is 22.4 Å². The summed E-state index contributed by atoms with van der Waals surface area (Å²) in [5.74, 6) is -0.199. The van der Waals surface area contributed by atoms with Gasteiger partial charge in [0.15, 0.2) is 0 Å². The highest BCUT2D eigenvalue weighted by Gasteiger charge is 1.95. The summed E-state index contributed by atoms with van der Waals surface area (Å²) in [5.41, 5.74) is 1.03. The SMILES string of the molecule is [B]C[B]C[B]c1ccc(F)cc1. The molecule has 4 heteroatoms. The van der Waals surface area contributed by atoms with Crippen LogP contribution < -0.4 is 5.46 Å². The lowest BCUT2D eigenvalue weighted by atomic mass is 9.48. The molecule has 1 rings (SSSR count). The molecule has 0 N–H and O–H groups in total. The zero-order chi connectivity index (χ0) is 8.81. The van der Waals surface area contributed by atoms with Crippen molar-refractivity contribution in [2.24, 2.45) is 0 Å². The Kier molecular flexibility index (Phi) is 3.99. The Morgan fingerprint density at radius 3 is 2.50 bits per heavy atom. The molecule has 0 aromatic heterocycles. The highest BCUT2D eigenvalue weighted by molar-refractivity contribution is 6.67. The van der Waals surface area contributed by atoms with Crippen LogP contribution in [0.5, 0.6) is 0 Å². The molecule has 0 saturated heterocycles. The van der Waals surface area contributed by atoms with Gasteiger partial charge in [0.1, 0.15) is 13.1 Å². The summed E-state index contributed by atoms with van der Waals surface area (Å²) in [6, 6.07) is 6.40. The minimum atomic E-state index is -0.199. The first kappa shape index (κ1) is 9.43. The maximum atomic E-state index is 12.4. The molecule has 0 aliphatic carbocycles. The van der Waals surface area contributed by atoms with Gasteiger partial charge in [-0.2, -0.15) is 0 Å². The fourth-order valence-corrected chi connectivity index (χ4v) is 0.915. The van der Waals surface area contributed by atoms with Gasteiger partial charge in [-0.1, -0.05) is 17.6 Å². The lowest BCUT2D eigenvalue weighted by Gasteiger charge is -1.96. The van der Waals surface area contributed by atoms with E-state index in [1.807, 2.05) is 14.6 Å². The van der Waals surface area contributed by atoms with E-state index in [2.05, 4.69) is 0 Å². The van der Waals surface area contributed by atoms with Crippen molar-refractivity contribution in [3.8, 4) is 0 Å². The number of rotatable bonds is 4. The zero-order valence-corrected chi connectivity index (χ0v) is 6.83. The second-order valence-corrected chi connectivity index (χ2v) is 2.52. The molecule has 0 nitrogen and oxygen atoms in total. The van der Waals surface area contributed by atoms with Crippen molar-refractivity contribution in [2.45, 2.75) is 12.4 Å². The van der Waals surface area contributed by atoms with Crippen molar-refractivity contribution in [1.29, 1.82) is 0 Å². The molecule has 0 unspecified atom stereocenters. The molecule has 56 valence electrons. The Morgan fingerprint density at radius 1 is 1.25 bits per heavy atom. The number of benzene rings is 1. The van der Waals surface area contributed by atoms with E-state index in [0.29, 0.717) is 6.22 Å². The van der Waals surface area contributed by atoms with Gasteiger partial charge in [0.25, 0.3) is 0 Å². The highest BCUT2D eigenvalue weighted by Crippen LogP contribution is 1.92. The lowest BCUT2D eigenvalue weighted by Crippen LogP contribution is -2.15. The summed E-state index contributed by atoms with van der Waals surface area (Å²) in [4.78, 5) is 0.